The van der Waals surface area contributed by atoms with Crippen molar-refractivity contribution in [3.63, 3.8) is 0 Å². The molecule has 7 heteroatoms. The lowest BCUT2D eigenvalue weighted by molar-refractivity contribution is -0.121. The normalized spacial score (nSPS) is 21.0. The number of carbonyl (C=O) groups excluding carboxylic acids is 1. The Bertz CT molecular complexity index is 572. The van der Waals surface area contributed by atoms with Gasteiger partial charge in [0.25, 0.3) is 0 Å². The van der Waals surface area contributed by atoms with Gasteiger partial charge in [0.15, 0.2) is 0 Å². The Morgan fingerprint density at radius 2 is 2.12 bits per heavy atom. The highest BCUT2D eigenvalue weighted by Crippen LogP contribution is 2.20. The molecule has 0 saturated carbocycles. The van der Waals surface area contributed by atoms with Gasteiger partial charge in [-0.25, -0.2) is 0 Å². The molecular weight excluding hydrogens is 306 g/mol. The fourth-order valence-corrected chi connectivity index (χ4v) is 3.26. The van der Waals surface area contributed by atoms with E-state index in [2.05, 4.69) is 27.1 Å². The second kappa shape index (κ2) is 8.09. The number of aryl methyl sites for hydroxylation is 2. The fourth-order valence-electron chi connectivity index (χ4n) is 3.26. The third kappa shape index (κ3) is 4.15. The molecule has 7 nitrogen and oxygen atoms in total. The summed E-state index contributed by atoms with van der Waals surface area (Å²) >= 11 is 0. The van der Waals surface area contributed by atoms with Crippen molar-refractivity contribution in [2.45, 2.75) is 39.8 Å². The van der Waals surface area contributed by atoms with Crippen LogP contribution < -0.4 is 5.32 Å². The van der Waals surface area contributed by atoms with Crippen LogP contribution in [0.4, 0.5) is 5.69 Å². The summed E-state index contributed by atoms with van der Waals surface area (Å²) in [5, 5.41) is 7.42. The summed E-state index contributed by atoms with van der Waals surface area (Å²) < 4.78 is 6.97. The van der Waals surface area contributed by atoms with Crippen LogP contribution in [0.1, 0.15) is 25.2 Å². The van der Waals surface area contributed by atoms with E-state index in [1.165, 1.54) is 0 Å². The van der Waals surface area contributed by atoms with E-state index in [4.69, 9.17) is 4.74 Å². The van der Waals surface area contributed by atoms with E-state index >= 15 is 0 Å². The number of ether oxygens (including phenoxy) is 1. The van der Waals surface area contributed by atoms with Gasteiger partial charge in [0.1, 0.15) is 0 Å². The molecule has 24 heavy (non-hydrogen) atoms. The summed E-state index contributed by atoms with van der Waals surface area (Å²) in [6.07, 6.45) is 0. The van der Waals surface area contributed by atoms with Gasteiger partial charge in [0.05, 0.1) is 29.7 Å². The van der Waals surface area contributed by atoms with Crippen molar-refractivity contribution >= 4 is 11.6 Å². The van der Waals surface area contributed by atoms with Crippen LogP contribution in [-0.2, 0) is 16.6 Å². The van der Waals surface area contributed by atoms with Crippen LogP contribution in [-0.4, -0.2) is 77.5 Å². The first-order valence-corrected chi connectivity index (χ1v) is 8.63. The standard InChI is InChI=1S/C17H31N5O2/c1-12-11-22(8-7-21(12)9-10-24-6)15(4)17(23)18-16-13(2)19-20(5)14(16)3/h12,15H,7-11H2,1-6H3,(H,18,23). The molecule has 0 spiro atoms. The smallest absolute Gasteiger partial charge is 0.241 e. The van der Waals surface area contributed by atoms with Crippen LogP contribution in [0.3, 0.4) is 0 Å². The maximum atomic E-state index is 12.7. The van der Waals surface area contributed by atoms with E-state index in [-0.39, 0.29) is 11.9 Å². The number of rotatable bonds is 6. The highest BCUT2D eigenvalue weighted by molar-refractivity contribution is 5.95. The summed E-state index contributed by atoms with van der Waals surface area (Å²) in [4.78, 5) is 17.3. The topological polar surface area (TPSA) is 62.6 Å². The summed E-state index contributed by atoms with van der Waals surface area (Å²) in [7, 11) is 3.62. The van der Waals surface area contributed by atoms with Crippen molar-refractivity contribution in [2.24, 2.45) is 7.05 Å². The first-order valence-electron chi connectivity index (χ1n) is 8.63. The van der Waals surface area contributed by atoms with Gasteiger partial charge in [0.2, 0.25) is 5.91 Å². The molecule has 1 aliphatic heterocycles. The highest BCUT2D eigenvalue weighted by Gasteiger charge is 2.30. The molecule has 0 bridgehead atoms. The molecule has 136 valence electrons. The Hall–Kier alpha value is -1.44. The van der Waals surface area contributed by atoms with Crippen molar-refractivity contribution in [1.29, 1.82) is 0 Å². The molecule has 0 aromatic carbocycles. The summed E-state index contributed by atoms with van der Waals surface area (Å²) in [6.45, 7) is 12.5. The number of methoxy groups -OCH3 is 1. The van der Waals surface area contributed by atoms with E-state index < -0.39 is 0 Å². The van der Waals surface area contributed by atoms with Gasteiger partial charge in [-0.2, -0.15) is 5.10 Å². The van der Waals surface area contributed by atoms with Crippen molar-refractivity contribution < 1.29 is 9.53 Å². The van der Waals surface area contributed by atoms with Crippen LogP contribution in [0.2, 0.25) is 0 Å². The van der Waals surface area contributed by atoms with Crippen molar-refractivity contribution in [2.75, 3.05) is 45.2 Å². The molecule has 1 saturated heterocycles. The minimum Gasteiger partial charge on any atom is -0.383 e. The molecule has 1 aliphatic rings. The van der Waals surface area contributed by atoms with E-state index in [1.807, 2.05) is 27.8 Å². The SMILES string of the molecule is COCCN1CCN(C(C)C(=O)Nc2c(C)nn(C)c2C)CC1C. The summed E-state index contributed by atoms with van der Waals surface area (Å²) in [6, 6.07) is 0.266. The highest BCUT2D eigenvalue weighted by atomic mass is 16.5. The third-order valence-electron chi connectivity index (χ3n) is 5.06. The summed E-state index contributed by atoms with van der Waals surface area (Å²) in [5.41, 5.74) is 2.67. The Morgan fingerprint density at radius 3 is 2.67 bits per heavy atom. The molecule has 1 aromatic heterocycles. The molecule has 2 heterocycles. The number of nitrogens with zero attached hydrogens (tertiary/aromatic N) is 4. The van der Waals surface area contributed by atoms with Gasteiger partial charge in [0, 0.05) is 46.4 Å². The van der Waals surface area contributed by atoms with Crippen LogP contribution in [0, 0.1) is 13.8 Å². The number of hydrogen-bond donors (Lipinski definition) is 1. The van der Waals surface area contributed by atoms with Crippen molar-refractivity contribution in [3.8, 4) is 0 Å². The zero-order chi connectivity index (χ0) is 17.9. The Kier molecular flexibility index (Phi) is 6.37. The minimum absolute atomic E-state index is 0.0340. The molecule has 1 N–H and O–H groups in total. The zero-order valence-corrected chi connectivity index (χ0v) is 15.8. The lowest BCUT2D eigenvalue weighted by atomic mass is 10.1. The average molecular weight is 337 g/mol. The number of piperazine rings is 1. The molecule has 2 unspecified atom stereocenters. The lowest BCUT2D eigenvalue weighted by Crippen LogP contribution is -2.57. The predicted octanol–water partition coefficient (Wildman–Crippen LogP) is 1.02. The second-order valence-corrected chi connectivity index (χ2v) is 6.71. The number of aromatic nitrogens is 2. The number of hydrogen-bond acceptors (Lipinski definition) is 5. The first-order chi connectivity index (χ1) is 11.3. The monoisotopic (exact) mass is 337 g/mol. The van der Waals surface area contributed by atoms with E-state index in [1.54, 1.807) is 11.8 Å². The summed E-state index contributed by atoms with van der Waals surface area (Å²) in [5.74, 6) is 0.0340. The predicted molar refractivity (Wildman–Crippen MR) is 95.3 cm³/mol. The van der Waals surface area contributed by atoms with Gasteiger partial charge in [-0.05, 0) is 27.7 Å². The van der Waals surface area contributed by atoms with E-state index in [9.17, 15) is 4.79 Å². The number of amides is 1. The largest absolute Gasteiger partial charge is 0.383 e. The molecule has 0 aliphatic carbocycles. The van der Waals surface area contributed by atoms with Crippen molar-refractivity contribution in [3.05, 3.63) is 11.4 Å². The van der Waals surface area contributed by atoms with Gasteiger partial charge in [-0.15, -0.1) is 0 Å². The van der Waals surface area contributed by atoms with Gasteiger partial charge < -0.3 is 10.1 Å². The van der Waals surface area contributed by atoms with E-state index in [0.29, 0.717) is 6.04 Å². The Labute approximate surface area is 144 Å². The number of nitrogens with one attached hydrogen (secondary N) is 1. The second-order valence-electron chi connectivity index (χ2n) is 6.71. The molecular formula is C17H31N5O2. The molecule has 1 amide bonds. The quantitative estimate of drug-likeness (QED) is 0.840. The van der Waals surface area contributed by atoms with Crippen molar-refractivity contribution in [1.82, 2.24) is 19.6 Å². The van der Waals surface area contributed by atoms with Crippen LogP contribution in [0.15, 0.2) is 0 Å². The van der Waals surface area contributed by atoms with Gasteiger partial charge in [-0.3, -0.25) is 19.3 Å². The molecule has 1 fully saturated rings. The van der Waals surface area contributed by atoms with Crippen LogP contribution in [0.25, 0.3) is 0 Å². The zero-order valence-electron chi connectivity index (χ0n) is 15.8. The Morgan fingerprint density at radius 1 is 1.42 bits per heavy atom. The molecule has 1 aromatic rings. The van der Waals surface area contributed by atoms with Crippen LogP contribution >= 0.6 is 0 Å². The fraction of sp³-hybridized carbons (Fsp3) is 0.765. The maximum absolute atomic E-state index is 12.7. The maximum Gasteiger partial charge on any atom is 0.241 e. The van der Waals surface area contributed by atoms with Crippen LogP contribution in [0.5, 0.6) is 0 Å². The molecule has 2 atom stereocenters. The third-order valence-corrected chi connectivity index (χ3v) is 5.06. The van der Waals surface area contributed by atoms with Gasteiger partial charge in [-0.1, -0.05) is 0 Å². The van der Waals surface area contributed by atoms with E-state index in [0.717, 1.165) is 49.9 Å². The molecule has 2 rings (SSSR count). The minimum atomic E-state index is -0.156. The number of carbonyl (C=O) groups is 1. The first kappa shape index (κ1) is 18.9. The molecule has 0 radical (unpaired) electrons. The van der Waals surface area contributed by atoms with Gasteiger partial charge >= 0.3 is 0 Å². The Balaban J connectivity index is 1.94. The number of anilines is 1. The lowest BCUT2D eigenvalue weighted by Gasteiger charge is -2.41. The average Bonchev–Trinajstić information content (AvgIpc) is 2.79.